The van der Waals surface area contributed by atoms with Crippen molar-refractivity contribution in [2.45, 2.75) is 13.0 Å². The topological polar surface area (TPSA) is 48.1 Å². The van der Waals surface area contributed by atoms with Crippen molar-refractivity contribution in [1.29, 1.82) is 0 Å². The van der Waals surface area contributed by atoms with Gasteiger partial charge in [-0.15, -0.1) is 0 Å². The summed E-state index contributed by atoms with van der Waals surface area (Å²) in [4.78, 5) is 3.25. The first kappa shape index (κ1) is 10.8. The second kappa shape index (κ2) is 4.28. The number of hydrogen-bond acceptors (Lipinski definition) is 3. The van der Waals surface area contributed by atoms with Gasteiger partial charge in [0.15, 0.2) is 5.82 Å². The van der Waals surface area contributed by atoms with Gasteiger partial charge in [0.2, 0.25) is 0 Å². The Kier molecular flexibility index (Phi) is 3.29. The Morgan fingerprint density at radius 1 is 1.57 bits per heavy atom. The van der Waals surface area contributed by atoms with Crippen LogP contribution in [0.2, 0.25) is 0 Å². The summed E-state index contributed by atoms with van der Waals surface area (Å²) in [6, 6.07) is 0. The molecule has 0 fully saturated rings. The van der Waals surface area contributed by atoms with Gasteiger partial charge >= 0.3 is 0 Å². The van der Waals surface area contributed by atoms with Crippen LogP contribution in [0.4, 0.5) is 13.2 Å². The van der Waals surface area contributed by atoms with Gasteiger partial charge in [0.1, 0.15) is 11.4 Å². The predicted molar refractivity (Wildman–Crippen MR) is 43.6 cm³/mol. The molecule has 0 saturated carbocycles. The van der Waals surface area contributed by atoms with E-state index < -0.39 is 17.9 Å². The molecule has 1 aromatic rings. The number of rotatable bonds is 3. The number of hydrogen-bond donors (Lipinski definition) is 1. The van der Waals surface area contributed by atoms with Crippen LogP contribution in [0.15, 0.2) is 6.20 Å². The van der Waals surface area contributed by atoms with E-state index in [2.05, 4.69) is 4.98 Å². The molecule has 0 aliphatic rings. The molecule has 78 valence electrons. The highest BCUT2D eigenvalue weighted by molar-refractivity contribution is 5.34. The molecule has 6 heteroatoms. The number of methoxy groups -OCH3 is 1. The largest absolute Gasteiger partial charge is 0.495 e. The number of nitrogens with two attached hydrogens (primary N) is 1. The zero-order valence-corrected chi connectivity index (χ0v) is 7.43. The van der Waals surface area contributed by atoms with Gasteiger partial charge in [0.25, 0.3) is 6.43 Å². The SMILES string of the molecule is COc1cnc(C(F)F)c(F)c1CN. The molecule has 0 atom stereocenters. The van der Waals surface area contributed by atoms with E-state index in [9.17, 15) is 13.2 Å². The lowest BCUT2D eigenvalue weighted by atomic mass is 10.2. The second-order valence-corrected chi connectivity index (χ2v) is 2.51. The van der Waals surface area contributed by atoms with Crippen molar-refractivity contribution in [2.75, 3.05) is 7.11 Å². The molecule has 0 aliphatic carbocycles. The van der Waals surface area contributed by atoms with Crippen LogP contribution >= 0.6 is 0 Å². The normalized spacial score (nSPS) is 10.7. The van der Waals surface area contributed by atoms with Gasteiger partial charge in [-0.2, -0.15) is 0 Å². The summed E-state index contributed by atoms with van der Waals surface area (Å²) >= 11 is 0. The van der Waals surface area contributed by atoms with E-state index in [-0.39, 0.29) is 17.9 Å². The quantitative estimate of drug-likeness (QED) is 0.817. The molecule has 0 bridgehead atoms. The second-order valence-electron chi connectivity index (χ2n) is 2.51. The number of ether oxygens (including phenoxy) is 1. The molecular weight excluding hydrogens is 197 g/mol. The standard InChI is InChI=1S/C8H9F3N2O/c1-14-5-3-13-7(8(10)11)6(9)4(5)2-12/h3,8H,2,12H2,1H3. The highest BCUT2D eigenvalue weighted by atomic mass is 19.3. The first-order chi connectivity index (χ1) is 6.61. The van der Waals surface area contributed by atoms with Crippen LogP contribution in [-0.2, 0) is 6.54 Å². The molecule has 0 aromatic carbocycles. The Hall–Kier alpha value is -1.30. The van der Waals surface area contributed by atoms with E-state index in [0.717, 1.165) is 6.20 Å². The summed E-state index contributed by atoms with van der Waals surface area (Å²) in [5.74, 6) is -1.02. The number of nitrogens with zero attached hydrogens (tertiary/aromatic N) is 1. The molecule has 1 rings (SSSR count). The third kappa shape index (κ3) is 1.79. The molecular formula is C8H9F3N2O. The fourth-order valence-corrected chi connectivity index (χ4v) is 1.04. The van der Waals surface area contributed by atoms with E-state index >= 15 is 0 Å². The average Bonchev–Trinajstić information content (AvgIpc) is 2.16. The van der Waals surface area contributed by atoms with Crippen LogP contribution in [0, 0.1) is 5.82 Å². The summed E-state index contributed by atoms with van der Waals surface area (Å²) in [6.45, 7) is -0.211. The van der Waals surface area contributed by atoms with Crippen molar-refractivity contribution in [3.05, 3.63) is 23.3 Å². The minimum atomic E-state index is -2.95. The number of halogens is 3. The van der Waals surface area contributed by atoms with E-state index in [0.29, 0.717) is 0 Å². The molecule has 1 heterocycles. The summed E-state index contributed by atoms with van der Waals surface area (Å²) < 4.78 is 42.4. The Balaban J connectivity index is 3.27. The van der Waals surface area contributed by atoms with Crippen molar-refractivity contribution in [2.24, 2.45) is 5.73 Å². The molecule has 14 heavy (non-hydrogen) atoms. The summed E-state index contributed by atoms with van der Waals surface area (Å²) in [5.41, 5.74) is 4.22. The molecule has 0 spiro atoms. The summed E-state index contributed by atoms with van der Waals surface area (Å²) in [5, 5.41) is 0. The fourth-order valence-electron chi connectivity index (χ4n) is 1.04. The molecule has 0 unspecified atom stereocenters. The van der Waals surface area contributed by atoms with Gasteiger partial charge in [-0.25, -0.2) is 18.2 Å². The highest BCUT2D eigenvalue weighted by Crippen LogP contribution is 2.27. The Morgan fingerprint density at radius 2 is 2.21 bits per heavy atom. The van der Waals surface area contributed by atoms with Crippen LogP contribution in [-0.4, -0.2) is 12.1 Å². The van der Waals surface area contributed by atoms with Gasteiger partial charge in [-0.3, -0.25) is 0 Å². The van der Waals surface area contributed by atoms with E-state index in [1.165, 1.54) is 7.11 Å². The minimum Gasteiger partial charge on any atom is -0.495 e. The van der Waals surface area contributed by atoms with Crippen molar-refractivity contribution in [1.82, 2.24) is 4.98 Å². The zero-order valence-electron chi connectivity index (χ0n) is 7.43. The number of pyridine rings is 1. The van der Waals surface area contributed by atoms with Crippen LogP contribution in [0.25, 0.3) is 0 Å². The Bertz CT molecular complexity index is 331. The number of aromatic nitrogens is 1. The van der Waals surface area contributed by atoms with Crippen LogP contribution in [0.3, 0.4) is 0 Å². The third-order valence-corrected chi connectivity index (χ3v) is 1.74. The predicted octanol–water partition coefficient (Wildman–Crippen LogP) is 1.63. The monoisotopic (exact) mass is 206 g/mol. The minimum absolute atomic E-state index is 0.0781. The maximum Gasteiger partial charge on any atom is 0.283 e. The van der Waals surface area contributed by atoms with Crippen molar-refractivity contribution < 1.29 is 17.9 Å². The lowest BCUT2D eigenvalue weighted by molar-refractivity contribution is 0.140. The third-order valence-electron chi connectivity index (χ3n) is 1.74. The van der Waals surface area contributed by atoms with Gasteiger partial charge in [0.05, 0.1) is 13.3 Å². The van der Waals surface area contributed by atoms with Crippen LogP contribution in [0.5, 0.6) is 5.75 Å². The van der Waals surface area contributed by atoms with Crippen molar-refractivity contribution in [3.8, 4) is 5.75 Å². The molecule has 0 saturated heterocycles. The summed E-state index contributed by atoms with van der Waals surface area (Å²) in [6.07, 6.45) is -1.92. The summed E-state index contributed by atoms with van der Waals surface area (Å²) in [7, 11) is 1.29. The Labute approximate surface area is 78.7 Å². The van der Waals surface area contributed by atoms with E-state index in [1.54, 1.807) is 0 Å². The molecule has 0 amide bonds. The van der Waals surface area contributed by atoms with Crippen molar-refractivity contribution in [3.63, 3.8) is 0 Å². The molecule has 0 radical (unpaired) electrons. The van der Waals surface area contributed by atoms with E-state index in [1.807, 2.05) is 0 Å². The van der Waals surface area contributed by atoms with Gasteiger partial charge in [0, 0.05) is 12.1 Å². The highest BCUT2D eigenvalue weighted by Gasteiger charge is 2.20. The maximum absolute atomic E-state index is 13.3. The first-order valence-electron chi connectivity index (χ1n) is 3.81. The van der Waals surface area contributed by atoms with Crippen molar-refractivity contribution >= 4 is 0 Å². The van der Waals surface area contributed by atoms with Gasteiger partial charge in [-0.05, 0) is 0 Å². The maximum atomic E-state index is 13.3. The van der Waals surface area contributed by atoms with Gasteiger partial charge < -0.3 is 10.5 Å². The lowest BCUT2D eigenvalue weighted by Gasteiger charge is -2.09. The average molecular weight is 206 g/mol. The fraction of sp³-hybridized carbons (Fsp3) is 0.375. The molecule has 1 aromatic heterocycles. The Morgan fingerprint density at radius 3 is 2.64 bits per heavy atom. The molecule has 3 nitrogen and oxygen atoms in total. The lowest BCUT2D eigenvalue weighted by Crippen LogP contribution is -2.07. The van der Waals surface area contributed by atoms with Crippen LogP contribution < -0.4 is 10.5 Å². The first-order valence-corrected chi connectivity index (χ1v) is 3.81. The van der Waals surface area contributed by atoms with Gasteiger partial charge in [-0.1, -0.05) is 0 Å². The molecule has 2 N–H and O–H groups in total. The zero-order chi connectivity index (χ0) is 10.7. The smallest absolute Gasteiger partial charge is 0.283 e. The van der Waals surface area contributed by atoms with E-state index in [4.69, 9.17) is 10.5 Å². The molecule has 0 aliphatic heterocycles. The van der Waals surface area contributed by atoms with Crippen LogP contribution in [0.1, 0.15) is 17.7 Å². The number of alkyl halides is 2.